The molecule has 21 heavy (non-hydrogen) atoms. The van der Waals surface area contributed by atoms with Gasteiger partial charge in [-0.3, -0.25) is 4.79 Å². The van der Waals surface area contributed by atoms with Crippen molar-refractivity contribution in [3.8, 4) is 0 Å². The summed E-state index contributed by atoms with van der Waals surface area (Å²) in [6, 6.07) is 7.99. The molecule has 0 spiro atoms. The van der Waals surface area contributed by atoms with E-state index in [0.29, 0.717) is 26.1 Å². The smallest absolute Gasteiger partial charge is 0.305 e. The van der Waals surface area contributed by atoms with Gasteiger partial charge in [0.2, 0.25) is 0 Å². The van der Waals surface area contributed by atoms with Crippen LogP contribution in [0, 0.1) is 0 Å². The van der Waals surface area contributed by atoms with Crippen LogP contribution >= 0.6 is 0 Å². The highest BCUT2D eigenvalue weighted by molar-refractivity contribution is 5.69. The van der Waals surface area contributed by atoms with E-state index in [1.165, 1.54) is 0 Å². The number of anilines is 1. The summed E-state index contributed by atoms with van der Waals surface area (Å²) in [5.74, 6) is -0.147. The maximum absolute atomic E-state index is 11.2. The normalized spacial score (nSPS) is 10.4. The lowest BCUT2D eigenvalue weighted by molar-refractivity contribution is -0.143. The molecule has 0 bridgehead atoms. The van der Waals surface area contributed by atoms with E-state index in [2.05, 4.69) is 0 Å². The maximum Gasteiger partial charge on any atom is 0.305 e. The van der Waals surface area contributed by atoms with Crippen LogP contribution in [0.2, 0.25) is 0 Å². The molecular weight excluding hydrogens is 270 g/mol. The van der Waals surface area contributed by atoms with Crippen molar-refractivity contribution in [2.45, 2.75) is 26.2 Å². The summed E-state index contributed by atoms with van der Waals surface area (Å²) in [6.07, 6.45) is 2.05. The number of carbonyl (C=O) groups is 1. The lowest BCUT2D eigenvalue weighted by Crippen LogP contribution is -2.29. The summed E-state index contributed by atoms with van der Waals surface area (Å²) >= 11 is 0. The zero-order valence-corrected chi connectivity index (χ0v) is 12.6. The number of aliphatic hydroxyl groups is 2. The van der Waals surface area contributed by atoms with Gasteiger partial charge in [-0.2, -0.15) is 0 Å². The fourth-order valence-corrected chi connectivity index (χ4v) is 2.15. The molecule has 1 rings (SSSR count). The van der Waals surface area contributed by atoms with Gasteiger partial charge < -0.3 is 19.8 Å². The third kappa shape index (κ3) is 6.60. The van der Waals surface area contributed by atoms with Crippen molar-refractivity contribution in [1.29, 1.82) is 0 Å². The van der Waals surface area contributed by atoms with Crippen molar-refractivity contribution in [1.82, 2.24) is 0 Å². The average Bonchev–Trinajstić information content (AvgIpc) is 2.48. The molecule has 0 heterocycles. The van der Waals surface area contributed by atoms with Crippen LogP contribution in [0.3, 0.4) is 0 Å². The molecule has 0 fully saturated rings. The Morgan fingerprint density at radius 1 is 1.14 bits per heavy atom. The number of aliphatic hydroxyl groups excluding tert-OH is 2. The largest absolute Gasteiger partial charge is 0.466 e. The topological polar surface area (TPSA) is 70.0 Å². The van der Waals surface area contributed by atoms with Crippen molar-refractivity contribution in [2.24, 2.45) is 0 Å². The Morgan fingerprint density at radius 3 is 2.29 bits per heavy atom. The van der Waals surface area contributed by atoms with Crippen LogP contribution in [0.5, 0.6) is 0 Å². The van der Waals surface area contributed by atoms with Gasteiger partial charge in [0.05, 0.1) is 19.8 Å². The molecular formula is C16H25NO4. The first kappa shape index (κ1) is 17.5. The lowest BCUT2D eigenvalue weighted by Gasteiger charge is -2.23. The van der Waals surface area contributed by atoms with Gasteiger partial charge in [0, 0.05) is 25.2 Å². The summed E-state index contributed by atoms with van der Waals surface area (Å²) in [5, 5.41) is 18.0. The third-order valence-corrected chi connectivity index (χ3v) is 3.19. The van der Waals surface area contributed by atoms with E-state index >= 15 is 0 Å². The number of carbonyl (C=O) groups excluding carboxylic acids is 1. The highest BCUT2D eigenvalue weighted by Gasteiger charge is 2.06. The van der Waals surface area contributed by atoms with Crippen molar-refractivity contribution in [3.63, 3.8) is 0 Å². The fraction of sp³-hybridized carbons (Fsp3) is 0.562. The number of ether oxygens (including phenoxy) is 1. The van der Waals surface area contributed by atoms with Gasteiger partial charge in [0.1, 0.15) is 0 Å². The molecule has 0 radical (unpaired) electrons. The second-order valence-corrected chi connectivity index (χ2v) is 4.76. The lowest BCUT2D eigenvalue weighted by atomic mass is 10.1. The number of aryl methyl sites for hydroxylation is 1. The van der Waals surface area contributed by atoms with Crippen LogP contribution in [0.1, 0.15) is 25.3 Å². The van der Waals surface area contributed by atoms with Gasteiger partial charge in [-0.05, 0) is 37.5 Å². The van der Waals surface area contributed by atoms with Crippen molar-refractivity contribution < 1.29 is 19.7 Å². The van der Waals surface area contributed by atoms with Crippen molar-refractivity contribution in [3.05, 3.63) is 29.8 Å². The van der Waals surface area contributed by atoms with E-state index in [4.69, 9.17) is 14.9 Å². The molecule has 0 saturated heterocycles. The first-order valence-corrected chi connectivity index (χ1v) is 7.42. The highest BCUT2D eigenvalue weighted by Crippen LogP contribution is 2.16. The number of esters is 1. The second-order valence-electron chi connectivity index (χ2n) is 4.76. The van der Waals surface area contributed by atoms with Gasteiger partial charge in [-0.15, -0.1) is 0 Å². The Kier molecular flexibility index (Phi) is 8.47. The van der Waals surface area contributed by atoms with Crippen molar-refractivity contribution in [2.75, 3.05) is 37.8 Å². The summed E-state index contributed by atoms with van der Waals surface area (Å²) in [4.78, 5) is 13.2. The molecule has 0 aliphatic carbocycles. The molecule has 5 heteroatoms. The van der Waals surface area contributed by atoms with Crippen LogP contribution in [-0.2, 0) is 16.0 Å². The monoisotopic (exact) mass is 295 g/mol. The van der Waals surface area contributed by atoms with Crippen molar-refractivity contribution >= 4 is 11.7 Å². The molecule has 0 unspecified atom stereocenters. The predicted molar refractivity (Wildman–Crippen MR) is 82.4 cm³/mol. The van der Waals surface area contributed by atoms with Crippen LogP contribution in [-0.4, -0.2) is 49.1 Å². The zero-order valence-electron chi connectivity index (χ0n) is 12.6. The van der Waals surface area contributed by atoms with Gasteiger partial charge in [0.15, 0.2) is 0 Å². The van der Waals surface area contributed by atoms with Gasteiger partial charge in [-0.1, -0.05) is 12.1 Å². The van der Waals surface area contributed by atoms with Gasteiger partial charge in [0.25, 0.3) is 0 Å². The van der Waals surface area contributed by atoms with Crippen LogP contribution in [0.25, 0.3) is 0 Å². The molecule has 1 aromatic rings. The Balaban J connectivity index is 2.47. The molecule has 0 amide bonds. The maximum atomic E-state index is 11.2. The minimum absolute atomic E-state index is 0.0568. The second kappa shape index (κ2) is 10.2. The minimum atomic E-state index is -0.147. The number of rotatable bonds is 10. The molecule has 0 aromatic heterocycles. The molecule has 2 N–H and O–H groups in total. The number of hydrogen-bond donors (Lipinski definition) is 2. The summed E-state index contributed by atoms with van der Waals surface area (Å²) in [5.41, 5.74) is 2.14. The molecule has 0 atom stereocenters. The highest BCUT2D eigenvalue weighted by atomic mass is 16.5. The molecule has 0 aliphatic rings. The average molecular weight is 295 g/mol. The zero-order chi connectivity index (χ0) is 15.5. The standard InChI is InChI=1S/C16H25NO4/c1-2-21-16(20)5-3-4-14-6-8-15(9-7-14)17(10-12-18)11-13-19/h6-9,18-19H,2-5,10-13H2,1H3. The first-order chi connectivity index (χ1) is 10.2. The summed E-state index contributed by atoms with van der Waals surface area (Å²) in [6.45, 7) is 3.36. The minimum Gasteiger partial charge on any atom is -0.466 e. The number of nitrogens with zero attached hydrogens (tertiary/aromatic N) is 1. The number of benzene rings is 1. The van der Waals surface area contributed by atoms with E-state index in [9.17, 15) is 4.79 Å². The molecule has 1 aromatic carbocycles. The Bertz CT molecular complexity index is 399. The van der Waals surface area contributed by atoms with E-state index in [0.717, 1.165) is 24.1 Å². The van der Waals surface area contributed by atoms with Crippen LogP contribution in [0.15, 0.2) is 24.3 Å². The van der Waals surface area contributed by atoms with Crippen LogP contribution in [0.4, 0.5) is 5.69 Å². The van der Waals surface area contributed by atoms with E-state index in [-0.39, 0.29) is 19.2 Å². The third-order valence-electron chi connectivity index (χ3n) is 3.19. The summed E-state index contributed by atoms with van der Waals surface area (Å²) < 4.78 is 4.89. The van der Waals surface area contributed by atoms with E-state index < -0.39 is 0 Å². The molecule has 118 valence electrons. The van der Waals surface area contributed by atoms with E-state index in [1.807, 2.05) is 29.2 Å². The molecule has 5 nitrogen and oxygen atoms in total. The van der Waals surface area contributed by atoms with E-state index in [1.54, 1.807) is 6.92 Å². The molecule has 0 saturated carbocycles. The first-order valence-electron chi connectivity index (χ1n) is 7.42. The SMILES string of the molecule is CCOC(=O)CCCc1ccc(N(CCO)CCO)cc1. The number of hydrogen-bond acceptors (Lipinski definition) is 5. The van der Waals surface area contributed by atoms with Gasteiger partial charge >= 0.3 is 5.97 Å². The Hall–Kier alpha value is -1.59. The van der Waals surface area contributed by atoms with Crippen LogP contribution < -0.4 is 4.90 Å². The predicted octanol–water partition coefficient (Wildman–Crippen LogP) is 1.36. The Labute approximate surface area is 126 Å². The molecule has 0 aliphatic heterocycles. The Morgan fingerprint density at radius 2 is 1.76 bits per heavy atom. The van der Waals surface area contributed by atoms with Gasteiger partial charge in [-0.25, -0.2) is 0 Å². The summed E-state index contributed by atoms with van der Waals surface area (Å²) in [7, 11) is 0. The quantitative estimate of drug-likeness (QED) is 0.638. The fourth-order valence-electron chi connectivity index (χ4n) is 2.15.